The second kappa shape index (κ2) is 8.77. The molecule has 160 valence electrons. The van der Waals surface area contributed by atoms with Crippen LogP contribution in [0.15, 0.2) is 71.7 Å². The number of halogens is 1. The number of carbonyl (C=O) groups excluding carboxylic acids is 2. The summed E-state index contributed by atoms with van der Waals surface area (Å²) in [6.07, 6.45) is 1.41. The predicted molar refractivity (Wildman–Crippen MR) is 125 cm³/mol. The van der Waals surface area contributed by atoms with E-state index in [2.05, 4.69) is 10.3 Å². The molecule has 1 amide bonds. The fourth-order valence-corrected chi connectivity index (χ4v) is 3.58. The van der Waals surface area contributed by atoms with Crippen LogP contribution in [0.2, 0.25) is 5.02 Å². The van der Waals surface area contributed by atoms with Gasteiger partial charge in [-0.25, -0.2) is 4.98 Å². The molecule has 2 aromatic carbocycles. The molecule has 0 spiro atoms. The van der Waals surface area contributed by atoms with Crippen LogP contribution in [0.4, 0.5) is 5.69 Å². The summed E-state index contributed by atoms with van der Waals surface area (Å²) < 4.78 is 1.54. The molecule has 0 aliphatic carbocycles. The number of aryl methyl sites for hydroxylation is 2. The normalized spacial score (nSPS) is 10.8. The molecule has 7 heteroatoms. The van der Waals surface area contributed by atoms with Gasteiger partial charge in [0.2, 0.25) is 11.3 Å². The zero-order valence-electron chi connectivity index (χ0n) is 17.6. The molecule has 2 heterocycles. The summed E-state index contributed by atoms with van der Waals surface area (Å²) in [6, 6.07) is 17.1. The third-order valence-corrected chi connectivity index (χ3v) is 5.40. The molecule has 0 radical (unpaired) electrons. The first-order valence-electron chi connectivity index (χ1n) is 10.00. The first-order chi connectivity index (χ1) is 15.3. The maximum Gasteiger partial charge on any atom is 0.244 e. The number of amides is 1. The second-order valence-corrected chi connectivity index (χ2v) is 7.96. The molecule has 0 aliphatic heterocycles. The third kappa shape index (κ3) is 4.31. The van der Waals surface area contributed by atoms with E-state index in [0.29, 0.717) is 27.6 Å². The Labute approximate surface area is 189 Å². The molecule has 6 nitrogen and oxygen atoms in total. The summed E-state index contributed by atoms with van der Waals surface area (Å²) in [7, 11) is 0. The number of anilines is 1. The number of nitrogens with one attached hydrogen (secondary N) is 1. The van der Waals surface area contributed by atoms with Crippen molar-refractivity contribution in [1.29, 1.82) is 0 Å². The molecule has 0 fully saturated rings. The Morgan fingerprint density at radius 3 is 2.44 bits per heavy atom. The van der Waals surface area contributed by atoms with Gasteiger partial charge >= 0.3 is 0 Å². The van der Waals surface area contributed by atoms with E-state index in [1.807, 2.05) is 31.2 Å². The molecular weight excluding hydrogens is 426 g/mol. The molecule has 4 aromatic rings. The minimum atomic E-state index is -0.442. The summed E-state index contributed by atoms with van der Waals surface area (Å²) in [6.45, 7) is 3.59. The van der Waals surface area contributed by atoms with E-state index in [-0.39, 0.29) is 23.4 Å². The lowest BCUT2D eigenvalue weighted by molar-refractivity contribution is -0.116. The summed E-state index contributed by atoms with van der Waals surface area (Å²) >= 11 is 5.92. The maximum absolute atomic E-state index is 13.1. The van der Waals surface area contributed by atoms with E-state index >= 15 is 0 Å². The lowest BCUT2D eigenvalue weighted by Crippen LogP contribution is -2.25. The highest BCUT2D eigenvalue weighted by atomic mass is 35.5. The van der Waals surface area contributed by atoms with Crippen molar-refractivity contribution in [2.24, 2.45) is 0 Å². The fourth-order valence-electron chi connectivity index (χ4n) is 3.46. The number of nitrogens with zero attached hydrogens (tertiary/aromatic N) is 2. The van der Waals surface area contributed by atoms with Crippen LogP contribution in [0, 0.1) is 13.8 Å². The molecule has 0 aliphatic rings. The van der Waals surface area contributed by atoms with Crippen molar-refractivity contribution in [1.82, 2.24) is 9.55 Å². The number of hydrogen-bond donors (Lipinski definition) is 1. The van der Waals surface area contributed by atoms with Crippen molar-refractivity contribution >= 4 is 40.0 Å². The third-order valence-electron chi connectivity index (χ3n) is 5.14. The largest absolute Gasteiger partial charge is 0.324 e. The zero-order chi connectivity index (χ0) is 22.8. The number of benzene rings is 2. The number of aromatic nitrogens is 2. The van der Waals surface area contributed by atoms with Crippen molar-refractivity contribution in [3.05, 3.63) is 104 Å². The quantitative estimate of drug-likeness (QED) is 0.457. The summed E-state index contributed by atoms with van der Waals surface area (Å²) in [5, 5.41) is 3.64. The topological polar surface area (TPSA) is 81.1 Å². The van der Waals surface area contributed by atoms with Crippen LogP contribution in [0.5, 0.6) is 0 Å². The summed E-state index contributed by atoms with van der Waals surface area (Å²) in [5.74, 6) is -0.736. The Kier molecular flexibility index (Phi) is 5.88. The first kappa shape index (κ1) is 21.5. The second-order valence-electron chi connectivity index (χ2n) is 7.52. The monoisotopic (exact) mass is 445 g/mol. The highest BCUT2D eigenvalue weighted by molar-refractivity contribution is 6.30. The average Bonchev–Trinajstić information content (AvgIpc) is 2.77. The lowest BCUT2D eigenvalue weighted by atomic mass is 10.0. The lowest BCUT2D eigenvalue weighted by Gasteiger charge is -2.14. The molecule has 32 heavy (non-hydrogen) atoms. The number of fused-ring (bicyclic) bond motifs is 1. The van der Waals surface area contributed by atoms with E-state index in [0.717, 1.165) is 5.56 Å². The molecule has 2 aromatic heterocycles. The van der Waals surface area contributed by atoms with Crippen LogP contribution in [-0.4, -0.2) is 21.2 Å². The number of para-hydroxylation sites is 1. The Morgan fingerprint density at radius 2 is 1.72 bits per heavy atom. The van der Waals surface area contributed by atoms with Crippen LogP contribution in [0.3, 0.4) is 0 Å². The maximum atomic E-state index is 13.1. The van der Waals surface area contributed by atoms with Crippen LogP contribution in [-0.2, 0) is 11.3 Å². The zero-order valence-corrected chi connectivity index (χ0v) is 18.3. The van der Waals surface area contributed by atoms with Gasteiger partial charge in [0, 0.05) is 28.2 Å². The van der Waals surface area contributed by atoms with Gasteiger partial charge in [0.25, 0.3) is 0 Å². The Hall–Kier alpha value is -3.77. The van der Waals surface area contributed by atoms with Crippen molar-refractivity contribution in [2.45, 2.75) is 20.4 Å². The van der Waals surface area contributed by atoms with E-state index in [4.69, 9.17) is 11.6 Å². The molecule has 0 saturated carbocycles. The summed E-state index contributed by atoms with van der Waals surface area (Å²) in [5.41, 5.74) is 2.55. The van der Waals surface area contributed by atoms with Gasteiger partial charge in [-0.05, 0) is 61.9 Å². The van der Waals surface area contributed by atoms with Gasteiger partial charge in [-0.3, -0.25) is 14.4 Å². The van der Waals surface area contributed by atoms with Crippen molar-refractivity contribution in [3.63, 3.8) is 0 Å². The van der Waals surface area contributed by atoms with E-state index in [1.165, 1.54) is 6.20 Å². The predicted octanol–water partition coefficient (Wildman–Crippen LogP) is 4.54. The summed E-state index contributed by atoms with van der Waals surface area (Å²) in [4.78, 5) is 43.4. The van der Waals surface area contributed by atoms with Crippen LogP contribution in [0.1, 0.15) is 27.2 Å². The van der Waals surface area contributed by atoms with Gasteiger partial charge in [0.05, 0.1) is 10.9 Å². The smallest absolute Gasteiger partial charge is 0.244 e. The fraction of sp³-hybridized carbons (Fsp3) is 0.120. The minimum absolute atomic E-state index is 0.0332. The molecule has 0 unspecified atom stereocenters. The molecule has 0 saturated heterocycles. The molecule has 1 N–H and O–H groups in total. The molecule has 4 rings (SSSR count). The highest BCUT2D eigenvalue weighted by Gasteiger charge is 2.19. The average molecular weight is 446 g/mol. The van der Waals surface area contributed by atoms with Gasteiger partial charge < -0.3 is 9.88 Å². The standard InChI is InChI=1S/C25H20ClN3O3/c1-15-5-3-4-6-21(15)28-22(30)14-29-13-20(23(31)17-8-10-18(26)11-9-17)24(32)19-12-7-16(2)27-25(19)29/h3-13H,14H2,1-2H3,(H,28,30). The Bertz CT molecular complexity index is 1410. The van der Waals surface area contributed by atoms with Gasteiger partial charge in [0.1, 0.15) is 12.2 Å². The molecular formula is C25H20ClN3O3. The number of carbonyl (C=O) groups is 2. The van der Waals surface area contributed by atoms with Crippen LogP contribution < -0.4 is 10.7 Å². The minimum Gasteiger partial charge on any atom is -0.324 e. The van der Waals surface area contributed by atoms with Crippen LogP contribution in [0.25, 0.3) is 11.0 Å². The number of ketones is 1. The number of rotatable bonds is 5. The van der Waals surface area contributed by atoms with Gasteiger partial charge in [-0.2, -0.15) is 0 Å². The Balaban J connectivity index is 1.78. The van der Waals surface area contributed by atoms with Gasteiger partial charge in [-0.15, -0.1) is 0 Å². The van der Waals surface area contributed by atoms with Crippen molar-refractivity contribution in [3.8, 4) is 0 Å². The van der Waals surface area contributed by atoms with Crippen molar-refractivity contribution in [2.75, 3.05) is 5.32 Å². The van der Waals surface area contributed by atoms with E-state index in [1.54, 1.807) is 47.9 Å². The van der Waals surface area contributed by atoms with E-state index < -0.39 is 11.2 Å². The van der Waals surface area contributed by atoms with E-state index in [9.17, 15) is 14.4 Å². The van der Waals surface area contributed by atoms with Crippen LogP contribution >= 0.6 is 11.6 Å². The number of pyridine rings is 2. The Morgan fingerprint density at radius 1 is 1.00 bits per heavy atom. The van der Waals surface area contributed by atoms with Gasteiger partial charge in [0.15, 0.2) is 5.78 Å². The SMILES string of the molecule is Cc1ccc2c(=O)c(C(=O)c3ccc(Cl)cc3)cn(CC(=O)Nc3ccccc3C)c2n1. The van der Waals surface area contributed by atoms with Crippen molar-refractivity contribution < 1.29 is 9.59 Å². The number of hydrogen-bond acceptors (Lipinski definition) is 4. The molecule has 0 bridgehead atoms. The van der Waals surface area contributed by atoms with Gasteiger partial charge in [-0.1, -0.05) is 29.8 Å². The highest BCUT2D eigenvalue weighted by Crippen LogP contribution is 2.17. The molecule has 0 atom stereocenters. The first-order valence-corrected chi connectivity index (χ1v) is 10.4.